The molecule has 2 aliphatic rings. The zero-order chi connectivity index (χ0) is 30.4. The number of likely N-dealkylation sites (tertiary alicyclic amines) is 1. The maximum atomic E-state index is 14.3. The third-order valence-electron chi connectivity index (χ3n) is 8.58. The second kappa shape index (κ2) is 13.3. The van der Waals surface area contributed by atoms with Crippen molar-refractivity contribution >= 4 is 23.6 Å². The van der Waals surface area contributed by atoms with Crippen molar-refractivity contribution in [1.29, 1.82) is 0 Å². The molecule has 43 heavy (non-hydrogen) atoms. The van der Waals surface area contributed by atoms with Crippen LogP contribution in [0.4, 0.5) is 0 Å². The molecule has 2 unspecified atom stereocenters. The van der Waals surface area contributed by atoms with Gasteiger partial charge >= 0.3 is 0 Å². The van der Waals surface area contributed by atoms with Crippen LogP contribution in [0.25, 0.3) is 0 Å². The fourth-order valence-electron chi connectivity index (χ4n) is 6.56. The Morgan fingerprint density at radius 2 is 1.42 bits per heavy atom. The minimum atomic E-state index is -0.982. The Morgan fingerprint density at radius 3 is 2.02 bits per heavy atom. The van der Waals surface area contributed by atoms with Crippen LogP contribution in [0.5, 0.6) is 0 Å². The highest BCUT2D eigenvalue weighted by molar-refractivity contribution is 6.21. The summed E-state index contributed by atoms with van der Waals surface area (Å²) in [4.78, 5) is 63.2. The first-order chi connectivity index (χ1) is 20.8. The van der Waals surface area contributed by atoms with E-state index in [-0.39, 0.29) is 43.2 Å². The van der Waals surface area contributed by atoms with Crippen LogP contribution in [0, 0.1) is 17.3 Å². The molecule has 4 amide bonds. The van der Waals surface area contributed by atoms with Crippen molar-refractivity contribution in [2.24, 2.45) is 17.3 Å². The van der Waals surface area contributed by atoms with Gasteiger partial charge in [0.05, 0.1) is 29.1 Å². The van der Waals surface area contributed by atoms with Crippen LogP contribution < -0.4 is 5.48 Å². The van der Waals surface area contributed by atoms with Crippen molar-refractivity contribution in [3.05, 3.63) is 107 Å². The van der Waals surface area contributed by atoms with Gasteiger partial charge in [-0.2, -0.15) is 0 Å². The highest BCUT2D eigenvalue weighted by atomic mass is 16.6. The van der Waals surface area contributed by atoms with Crippen LogP contribution in [0.2, 0.25) is 0 Å². The molecule has 1 N–H and O–H groups in total. The van der Waals surface area contributed by atoms with Crippen LogP contribution >= 0.6 is 0 Å². The molecule has 3 aromatic rings. The van der Waals surface area contributed by atoms with Gasteiger partial charge in [0, 0.05) is 19.6 Å². The van der Waals surface area contributed by atoms with E-state index in [4.69, 9.17) is 4.84 Å². The molecule has 0 aliphatic carbocycles. The van der Waals surface area contributed by atoms with Gasteiger partial charge in [0.15, 0.2) is 0 Å². The average molecular weight is 582 g/mol. The topological polar surface area (TPSA) is 96.0 Å². The number of benzene rings is 3. The largest absolute Gasteiger partial charge is 0.342 e. The molecule has 0 spiro atoms. The van der Waals surface area contributed by atoms with Gasteiger partial charge in [0.1, 0.15) is 0 Å². The Morgan fingerprint density at radius 1 is 0.837 bits per heavy atom. The van der Waals surface area contributed by atoms with Crippen molar-refractivity contribution in [3.63, 3.8) is 0 Å². The van der Waals surface area contributed by atoms with E-state index in [9.17, 15) is 19.2 Å². The van der Waals surface area contributed by atoms with Crippen molar-refractivity contribution in [3.8, 4) is 0 Å². The number of carbonyl (C=O) groups excluding carboxylic acids is 4. The lowest BCUT2D eigenvalue weighted by Gasteiger charge is -2.37. The second-order valence-corrected chi connectivity index (χ2v) is 11.9. The zero-order valence-corrected chi connectivity index (χ0v) is 24.8. The standard InChI is InChI=1S/C35H39N3O5/c1-25(2)23-35(19-22-37(34(35)42)20-17-26-11-5-3-6-12-26)30(31(39)36-43-24-27-13-7-4-8-14-27)18-21-38-32(40)28-15-9-10-16-29(28)33(38)41/h3-16,25,30H,17-24H2,1-2H3,(H,36,39). The Bertz CT molecular complexity index is 1420. The van der Waals surface area contributed by atoms with E-state index in [1.54, 1.807) is 24.3 Å². The van der Waals surface area contributed by atoms with Gasteiger partial charge in [-0.25, -0.2) is 5.48 Å². The number of nitrogens with one attached hydrogen (secondary N) is 1. The molecule has 224 valence electrons. The summed E-state index contributed by atoms with van der Waals surface area (Å²) in [6, 6.07) is 26.3. The van der Waals surface area contributed by atoms with E-state index in [0.717, 1.165) is 17.5 Å². The number of rotatable bonds is 13. The normalized spacial score (nSPS) is 18.8. The highest BCUT2D eigenvalue weighted by Gasteiger charge is 2.54. The van der Waals surface area contributed by atoms with E-state index in [1.807, 2.05) is 79.4 Å². The minimum Gasteiger partial charge on any atom is -0.342 e. The number of hydrogen-bond acceptors (Lipinski definition) is 5. The third-order valence-corrected chi connectivity index (χ3v) is 8.58. The molecule has 0 aromatic heterocycles. The quantitative estimate of drug-likeness (QED) is 0.225. The summed E-state index contributed by atoms with van der Waals surface area (Å²) >= 11 is 0. The van der Waals surface area contributed by atoms with Crippen LogP contribution in [0.15, 0.2) is 84.9 Å². The van der Waals surface area contributed by atoms with Gasteiger partial charge < -0.3 is 4.90 Å². The Balaban J connectivity index is 1.37. The second-order valence-electron chi connectivity index (χ2n) is 11.9. The Labute approximate surface area is 253 Å². The molecule has 8 nitrogen and oxygen atoms in total. The lowest BCUT2D eigenvalue weighted by Crippen LogP contribution is -2.49. The molecular weight excluding hydrogens is 542 g/mol. The number of hydrogen-bond donors (Lipinski definition) is 1. The smallest absolute Gasteiger partial charge is 0.261 e. The zero-order valence-electron chi connectivity index (χ0n) is 24.8. The number of fused-ring (bicyclic) bond motifs is 1. The number of imide groups is 1. The molecule has 8 heteroatoms. The van der Waals surface area contributed by atoms with Crippen LogP contribution in [0.1, 0.15) is 65.0 Å². The van der Waals surface area contributed by atoms with Gasteiger partial charge in [-0.3, -0.25) is 28.9 Å². The van der Waals surface area contributed by atoms with Gasteiger partial charge in [-0.1, -0.05) is 86.6 Å². The van der Waals surface area contributed by atoms with Crippen LogP contribution in [-0.2, 0) is 27.5 Å². The molecule has 5 rings (SSSR count). The molecule has 1 fully saturated rings. The molecular formula is C35H39N3O5. The van der Waals surface area contributed by atoms with E-state index in [0.29, 0.717) is 37.1 Å². The first-order valence-corrected chi connectivity index (χ1v) is 15.0. The molecule has 2 heterocycles. The summed E-state index contributed by atoms with van der Waals surface area (Å²) < 4.78 is 0. The summed E-state index contributed by atoms with van der Waals surface area (Å²) in [5, 5.41) is 0. The molecule has 3 aromatic carbocycles. The predicted molar refractivity (Wildman–Crippen MR) is 163 cm³/mol. The number of nitrogens with zero attached hydrogens (tertiary/aromatic N) is 2. The monoisotopic (exact) mass is 581 g/mol. The summed E-state index contributed by atoms with van der Waals surface area (Å²) in [5.74, 6) is -1.88. The molecule has 2 atom stereocenters. The van der Waals surface area contributed by atoms with E-state index in [1.165, 1.54) is 4.90 Å². The first-order valence-electron chi connectivity index (χ1n) is 15.0. The van der Waals surface area contributed by atoms with Crippen LogP contribution in [0.3, 0.4) is 0 Å². The van der Waals surface area contributed by atoms with Crippen molar-refractivity contribution in [2.75, 3.05) is 19.6 Å². The van der Waals surface area contributed by atoms with Gasteiger partial charge in [0.25, 0.3) is 11.8 Å². The summed E-state index contributed by atoms with van der Waals surface area (Å²) in [7, 11) is 0. The lowest BCUT2D eigenvalue weighted by molar-refractivity contribution is -0.153. The fourth-order valence-corrected chi connectivity index (χ4v) is 6.56. The fraction of sp³-hybridized carbons (Fsp3) is 0.371. The summed E-state index contributed by atoms with van der Waals surface area (Å²) in [6.07, 6.45) is 1.89. The maximum absolute atomic E-state index is 14.3. The molecule has 0 bridgehead atoms. The maximum Gasteiger partial charge on any atom is 0.261 e. The summed E-state index contributed by atoms with van der Waals surface area (Å²) in [5.41, 5.74) is 4.40. The molecule has 1 saturated heterocycles. The average Bonchev–Trinajstić information content (AvgIpc) is 3.45. The summed E-state index contributed by atoms with van der Waals surface area (Å²) in [6.45, 7) is 5.39. The van der Waals surface area contributed by atoms with Crippen molar-refractivity contribution in [1.82, 2.24) is 15.3 Å². The van der Waals surface area contributed by atoms with Crippen molar-refractivity contribution < 1.29 is 24.0 Å². The molecule has 2 aliphatic heterocycles. The molecule has 0 radical (unpaired) electrons. The Hall–Kier alpha value is -4.30. The van der Waals surface area contributed by atoms with Gasteiger partial charge in [0.2, 0.25) is 11.8 Å². The third kappa shape index (κ3) is 6.54. The lowest BCUT2D eigenvalue weighted by atomic mass is 9.67. The van der Waals surface area contributed by atoms with E-state index < -0.39 is 17.2 Å². The minimum absolute atomic E-state index is 0.0280. The van der Waals surface area contributed by atoms with Gasteiger partial charge in [-0.15, -0.1) is 0 Å². The Kier molecular flexibility index (Phi) is 9.36. The molecule has 0 saturated carbocycles. The van der Waals surface area contributed by atoms with Gasteiger partial charge in [-0.05, 0) is 54.9 Å². The van der Waals surface area contributed by atoms with Crippen LogP contribution in [-0.4, -0.2) is 53.1 Å². The number of amides is 4. The van der Waals surface area contributed by atoms with Crippen molar-refractivity contribution in [2.45, 2.75) is 46.1 Å². The highest BCUT2D eigenvalue weighted by Crippen LogP contribution is 2.46. The van der Waals surface area contributed by atoms with E-state index in [2.05, 4.69) is 5.48 Å². The number of hydroxylamine groups is 1. The van der Waals surface area contributed by atoms with E-state index >= 15 is 0 Å². The number of carbonyl (C=O) groups is 4. The SMILES string of the molecule is CC(C)CC1(C(CCN2C(=O)c3ccccc3C2=O)C(=O)NOCc2ccccc2)CCN(CCc2ccccc2)C1=O. The predicted octanol–water partition coefficient (Wildman–Crippen LogP) is 5.04. The first kappa shape index (κ1) is 30.2.